The van der Waals surface area contributed by atoms with Crippen LogP contribution in [0.5, 0.6) is 0 Å². The van der Waals surface area contributed by atoms with Gasteiger partial charge in [-0.2, -0.15) is 0 Å². The third kappa shape index (κ3) is 4.24. The van der Waals surface area contributed by atoms with E-state index in [0.717, 1.165) is 11.3 Å². The SMILES string of the molecule is COC(=O)c1sccc1NC(=O)COC(=O)c1c(C)noc1C(C)C. The minimum Gasteiger partial charge on any atom is -0.465 e. The lowest BCUT2D eigenvalue weighted by Gasteiger charge is -2.08. The van der Waals surface area contributed by atoms with Crippen LogP contribution in [-0.2, 0) is 14.3 Å². The first-order valence-corrected chi connectivity index (χ1v) is 8.32. The van der Waals surface area contributed by atoms with Crippen LogP contribution in [0.25, 0.3) is 0 Å². The van der Waals surface area contributed by atoms with Crippen molar-refractivity contribution in [2.45, 2.75) is 26.7 Å². The summed E-state index contributed by atoms with van der Waals surface area (Å²) >= 11 is 1.14. The molecular formula is C16H18N2O6S. The topological polar surface area (TPSA) is 108 Å². The minimum atomic E-state index is -0.684. The van der Waals surface area contributed by atoms with Gasteiger partial charge in [0.05, 0.1) is 18.5 Å². The Labute approximate surface area is 148 Å². The van der Waals surface area contributed by atoms with Crippen molar-refractivity contribution < 1.29 is 28.4 Å². The highest BCUT2D eigenvalue weighted by Gasteiger charge is 2.24. The van der Waals surface area contributed by atoms with Crippen molar-refractivity contribution in [3.63, 3.8) is 0 Å². The molecule has 0 aliphatic carbocycles. The van der Waals surface area contributed by atoms with Crippen molar-refractivity contribution in [1.82, 2.24) is 5.16 Å². The van der Waals surface area contributed by atoms with E-state index in [1.165, 1.54) is 7.11 Å². The number of nitrogens with one attached hydrogen (secondary N) is 1. The number of aromatic nitrogens is 1. The number of carbonyl (C=O) groups excluding carboxylic acids is 3. The molecule has 0 aliphatic heterocycles. The maximum absolute atomic E-state index is 12.2. The van der Waals surface area contributed by atoms with E-state index in [4.69, 9.17) is 9.26 Å². The molecule has 9 heteroatoms. The Balaban J connectivity index is 1.99. The van der Waals surface area contributed by atoms with Gasteiger partial charge in [0.2, 0.25) is 0 Å². The molecule has 2 rings (SSSR count). The Bertz CT molecular complexity index is 792. The van der Waals surface area contributed by atoms with E-state index < -0.39 is 24.5 Å². The Hall–Kier alpha value is -2.68. The van der Waals surface area contributed by atoms with E-state index in [9.17, 15) is 14.4 Å². The molecule has 0 atom stereocenters. The molecule has 0 spiro atoms. The number of anilines is 1. The number of amides is 1. The molecular weight excluding hydrogens is 348 g/mol. The molecule has 2 heterocycles. The van der Waals surface area contributed by atoms with E-state index in [1.54, 1.807) is 18.4 Å². The van der Waals surface area contributed by atoms with Gasteiger partial charge in [0, 0.05) is 5.92 Å². The van der Waals surface area contributed by atoms with E-state index in [0.29, 0.717) is 17.1 Å². The van der Waals surface area contributed by atoms with Crippen molar-refractivity contribution in [3.8, 4) is 0 Å². The van der Waals surface area contributed by atoms with Crippen LogP contribution in [0.15, 0.2) is 16.0 Å². The van der Waals surface area contributed by atoms with Gasteiger partial charge in [0.25, 0.3) is 5.91 Å². The van der Waals surface area contributed by atoms with E-state index in [1.807, 2.05) is 13.8 Å². The Kier molecular flexibility index (Phi) is 5.92. The maximum Gasteiger partial charge on any atom is 0.350 e. The maximum atomic E-state index is 12.2. The standard InChI is InChI=1S/C16H18N2O6S/c1-8(2)13-12(9(3)18-24-13)15(20)23-7-11(19)17-10-5-6-25-14(10)16(21)22-4/h5-6,8H,7H2,1-4H3,(H,17,19). The van der Waals surface area contributed by atoms with E-state index >= 15 is 0 Å². The highest BCUT2D eigenvalue weighted by atomic mass is 32.1. The van der Waals surface area contributed by atoms with E-state index in [2.05, 4.69) is 15.2 Å². The molecule has 0 saturated carbocycles. The molecule has 1 amide bonds. The van der Waals surface area contributed by atoms with Crippen LogP contribution < -0.4 is 5.32 Å². The largest absolute Gasteiger partial charge is 0.465 e. The van der Waals surface area contributed by atoms with Gasteiger partial charge in [-0.1, -0.05) is 19.0 Å². The zero-order valence-electron chi connectivity index (χ0n) is 14.2. The lowest BCUT2D eigenvalue weighted by Crippen LogP contribution is -2.22. The highest BCUT2D eigenvalue weighted by Crippen LogP contribution is 2.24. The fraction of sp³-hybridized carbons (Fsp3) is 0.375. The number of hydrogen-bond donors (Lipinski definition) is 1. The molecule has 25 heavy (non-hydrogen) atoms. The van der Waals surface area contributed by atoms with Gasteiger partial charge in [-0.15, -0.1) is 11.3 Å². The molecule has 0 fully saturated rings. The smallest absolute Gasteiger partial charge is 0.350 e. The van der Waals surface area contributed by atoms with Crippen LogP contribution in [-0.4, -0.2) is 36.7 Å². The van der Waals surface area contributed by atoms with Gasteiger partial charge in [0.15, 0.2) is 12.4 Å². The number of hydrogen-bond acceptors (Lipinski definition) is 8. The first kappa shape index (κ1) is 18.7. The summed E-state index contributed by atoms with van der Waals surface area (Å²) in [6.45, 7) is 4.83. The summed E-state index contributed by atoms with van der Waals surface area (Å²) < 4.78 is 14.8. The molecule has 2 aromatic rings. The van der Waals surface area contributed by atoms with Gasteiger partial charge >= 0.3 is 11.9 Å². The molecule has 134 valence electrons. The molecule has 0 bridgehead atoms. The average Bonchev–Trinajstić information content (AvgIpc) is 3.18. The Morgan fingerprint density at radius 2 is 2.04 bits per heavy atom. The van der Waals surface area contributed by atoms with Crippen LogP contribution in [0.4, 0.5) is 5.69 Å². The van der Waals surface area contributed by atoms with Crippen molar-refractivity contribution in [2.24, 2.45) is 0 Å². The Morgan fingerprint density at radius 1 is 1.32 bits per heavy atom. The first-order valence-electron chi connectivity index (χ1n) is 7.44. The number of aryl methyl sites for hydroxylation is 1. The molecule has 0 aromatic carbocycles. The van der Waals surface area contributed by atoms with Crippen LogP contribution in [0.2, 0.25) is 0 Å². The van der Waals surface area contributed by atoms with E-state index in [-0.39, 0.29) is 16.4 Å². The number of methoxy groups -OCH3 is 1. The van der Waals surface area contributed by atoms with Crippen molar-refractivity contribution in [2.75, 3.05) is 19.0 Å². The second-order valence-corrected chi connectivity index (χ2v) is 6.36. The predicted octanol–water partition coefficient (Wildman–Crippen LogP) is 2.75. The second-order valence-electron chi connectivity index (χ2n) is 5.44. The summed E-state index contributed by atoms with van der Waals surface area (Å²) in [7, 11) is 1.25. The molecule has 0 saturated heterocycles. The summed E-state index contributed by atoms with van der Waals surface area (Å²) in [5, 5.41) is 7.92. The predicted molar refractivity (Wildman–Crippen MR) is 89.9 cm³/mol. The lowest BCUT2D eigenvalue weighted by molar-refractivity contribution is -0.119. The number of rotatable bonds is 6. The highest BCUT2D eigenvalue weighted by molar-refractivity contribution is 7.12. The first-order chi connectivity index (χ1) is 11.8. The normalized spacial score (nSPS) is 10.6. The van der Waals surface area contributed by atoms with Crippen LogP contribution in [0.1, 0.15) is 51.2 Å². The quantitative estimate of drug-likeness (QED) is 0.783. The number of esters is 2. The molecule has 2 aromatic heterocycles. The number of thiophene rings is 1. The molecule has 1 N–H and O–H groups in total. The Morgan fingerprint density at radius 3 is 2.68 bits per heavy atom. The van der Waals surface area contributed by atoms with Crippen molar-refractivity contribution in [1.29, 1.82) is 0 Å². The van der Waals surface area contributed by atoms with Crippen LogP contribution >= 0.6 is 11.3 Å². The van der Waals surface area contributed by atoms with Crippen LogP contribution in [0.3, 0.4) is 0 Å². The van der Waals surface area contributed by atoms with Crippen LogP contribution in [0, 0.1) is 6.92 Å². The number of carbonyl (C=O) groups is 3. The summed E-state index contributed by atoms with van der Waals surface area (Å²) in [6, 6.07) is 1.57. The molecule has 0 aliphatic rings. The molecule has 0 radical (unpaired) electrons. The van der Waals surface area contributed by atoms with Gasteiger partial charge < -0.3 is 19.3 Å². The summed E-state index contributed by atoms with van der Waals surface area (Å²) in [6.07, 6.45) is 0. The number of ether oxygens (including phenoxy) is 2. The molecule has 0 unspecified atom stereocenters. The third-order valence-corrected chi connectivity index (χ3v) is 4.16. The average molecular weight is 366 g/mol. The second kappa shape index (κ2) is 7.93. The van der Waals surface area contributed by atoms with Crippen molar-refractivity contribution in [3.05, 3.63) is 33.3 Å². The fourth-order valence-electron chi connectivity index (χ4n) is 2.08. The third-order valence-electron chi connectivity index (χ3n) is 3.26. The summed E-state index contributed by atoms with van der Waals surface area (Å²) in [5.41, 5.74) is 0.940. The summed E-state index contributed by atoms with van der Waals surface area (Å²) in [4.78, 5) is 36.0. The fourth-order valence-corrected chi connectivity index (χ4v) is 2.84. The number of nitrogens with zero attached hydrogens (tertiary/aromatic N) is 1. The minimum absolute atomic E-state index is 0.0500. The van der Waals surface area contributed by atoms with Gasteiger partial charge in [-0.05, 0) is 18.4 Å². The van der Waals surface area contributed by atoms with Crippen molar-refractivity contribution >= 4 is 34.9 Å². The molecule has 8 nitrogen and oxygen atoms in total. The monoisotopic (exact) mass is 366 g/mol. The summed E-state index contributed by atoms with van der Waals surface area (Å²) in [5.74, 6) is -1.45. The van der Waals surface area contributed by atoms with Gasteiger partial charge in [0.1, 0.15) is 10.4 Å². The zero-order valence-corrected chi connectivity index (χ0v) is 15.1. The lowest BCUT2D eigenvalue weighted by atomic mass is 10.1. The van der Waals surface area contributed by atoms with Gasteiger partial charge in [-0.3, -0.25) is 4.79 Å². The zero-order chi connectivity index (χ0) is 18.6. The van der Waals surface area contributed by atoms with Gasteiger partial charge in [-0.25, -0.2) is 9.59 Å².